The number of carbonyl (C=O) groups is 1. The molecule has 1 N–H and O–H groups in total. The molecule has 4 rings (SSSR count). The lowest BCUT2D eigenvalue weighted by molar-refractivity contribution is -0.120. The maximum atomic E-state index is 12.6. The molecular formula is C22H23N3O4S2. The van der Waals surface area contributed by atoms with Gasteiger partial charge in [0.05, 0.1) is 11.9 Å². The van der Waals surface area contributed by atoms with Gasteiger partial charge in [-0.15, -0.1) is 11.3 Å². The molecule has 3 aromatic rings. The number of benzene rings is 2. The maximum absolute atomic E-state index is 12.6. The van der Waals surface area contributed by atoms with Crippen molar-refractivity contribution in [3.8, 4) is 22.8 Å². The number of ether oxygens (including phenoxy) is 1. The second-order valence-corrected chi connectivity index (χ2v) is 10.2. The number of amides is 1. The summed E-state index contributed by atoms with van der Waals surface area (Å²) in [5.41, 5.74) is 1.71. The van der Waals surface area contributed by atoms with Crippen molar-refractivity contribution >= 4 is 32.4 Å². The third kappa shape index (κ3) is 5.49. The number of anilines is 1. The molecule has 0 aliphatic carbocycles. The van der Waals surface area contributed by atoms with Crippen LogP contribution < -0.4 is 10.1 Å². The second-order valence-electron chi connectivity index (χ2n) is 7.40. The van der Waals surface area contributed by atoms with E-state index in [1.165, 1.54) is 21.9 Å². The molecule has 1 aromatic heterocycles. The number of hydrogen-bond donors (Lipinski definition) is 1. The van der Waals surface area contributed by atoms with Crippen LogP contribution in [0, 0.1) is 5.92 Å². The minimum atomic E-state index is -3.20. The number of carbonyl (C=O) groups excluding carboxylic acids is 1. The Bertz CT molecular complexity index is 1140. The summed E-state index contributed by atoms with van der Waals surface area (Å²) in [5.74, 6) is 1.19. The van der Waals surface area contributed by atoms with Crippen LogP contribution in [0.1, 0.15) is 12.8 Å². The monoisotopic (exact) mass is 457 g/mol. The second kappa shape index (κ2) is 9.17. The molecule has 31 heavy (non-hydrogen) atoms. The fourth-order valence-electron chi connectivity index (χ4n) is 3.44. The number of nitrogens with zero attached hydrogens (tertiary/aromatic N) is 2. The van der Waals surface area contributed by atoms with Crippen molar-refractivity contribution in [1.29, 1.82) is 0 Å². The first-order chi connectivity index (χ1) is 14.9. The van der Waals surface area contributed by atoms with Crippen LogP contribution in [0.15, 0.2) is 60.0 Å². The van der Waals surface area contributed by atoms with Crippen molar-refractivity contribution in [2.75, 3.05) is 24.7 Å². The zero-order chi connectivity index (χ0) is 21.8. The number of para-hydroxylation sites is 1. The van der Waals surface area contributed by atoms with E-state index in [0.717, 1.165) is 22.8 Å². The fraction of sp³-hybridized carbons (Fsp3) is 0.273. The Balaban J connectivity index is 1.34. The van der Waals surface area contributed by atoms with E-state index < -0.39 is 10.0 Å². The first kappa shape index (κ1) is 21.5. The molecule has 1 aliphatic rings. The summed E-state index contributed by atoms with van der Waals surface area (Å²) in [6.07, 6.45) is 2.23. The SMILES string of the molecule is CS(=O)(=O)N1CCC(C(=O)Nc2nc(-c3ccc(Oc4ccccc4)cc3)cs2)CC1. The highest BCUT2D eigenvalue weighted by atomic mass is 32.2. The molecule has 2 aromatic carbocycles. The smallest absolute Gasteiger partial charge is 0.229 e. The number of piperidine rings is 1. The lowest BCUT2D eigenvalue weighted by Crippen LogP contribution is -2.40. The van der Waals surface area contributed by atoms with Gasteiger partial charge in [-0.2, -0.15) is 0 Å². The van der Waals surface area contributed by atoms with Crippen molar-refractivity contribution in [3.63, 3.8) is 0 Å². The lowest BCUT2D eigenvalue weighted by atomic mass is 9.97. The third-order valence-corrected chi connectivity index (χ3v) is 7.22. The number of nitrogens with one attached hydrogen (secondary N) is 1. The molecule has 1 aliphatic heterocycles. The molecule has 0 atom stereocenters. The van der Waals surface area contributed by atoms with Crippen molar-refractivity contribution in [1.82, 2.24) is 9.29 Å². The number of aromatic nitrogens is 1. The van der Waals surface area contributed by atoms with E-state index in [9.17, 15) is 13.2 Å². The number of thiazole rings is 1. The topological polar surface area (TPSA) is 88.6 Å². The van der Waals surface area contributed by atoms with Crippen LogP contribution in [0.25, 0.3) is 11.3 Å². The molecule has 1 fully saturated rings. The van der Waals surface area contributed by atoms with Gasteiger partial charge in [0.1, 0.15) is 11.5 Å². The third-order valence-electron chi connectivity index (χ3n) is 5.16. The normalized spacial score (nSPS) is 15.5. The average Bonchev–Trinajstić information content (AvgIpc) is 3.23. The summed E-state index contributed by atoms with van der Waals surface area (Å²) < 4.78 is 30.5. The first-order valence-corrected chi connectivity index (χ1v) is 12.7. The molecule has 0 spiro atoms. The van der Waals surface area contributed by atoms with Crippen molar-refractivity contribution in [2.24, 2.45) is 5.92 Å². The van der Waals surface area contributed by atoms with Crippen LogP contribution in [0.5, 0.6) is 11.5 Å². The molecule has 0 bridgehead atoms. The van der Waals surface area contributed by atoms with Crippen LogP contribution >= 0.6 is 11.3 Å². The van der Waals surface area contributed by atoms with Crippen LogP contribution in [-0.2, 0) is 14.8 Å². The van der Waals surface area contributed by atoms with Gasteiger partial charge in [0, 0.05) is 30.0 Å². The minimum Gasteiger partial charge on any atom is -0.457 e. The van der Waals surface area contributed by atoms with Gasteiger partial charge in [0.2, 0.25) is 15.9 Å². The highest BCUT2D eigenvalue weighted by molar-refractivity contribution is 7.88. The zero-order valence-electron chi connectivity index (χ0n) is 17.0. The Morgan fingerprint density at radius 3 is 2.35 bits per heavy atom. The van der Waals surface area contributed by atoms with Gasteiger partial charge < -0.3 is 10.1 Å². The molecule has 162 valence electrons. The average molecular weight is 458 g/mol. The summed E-state index contributed by atoms with van der Waals surface area (Å²) in [7, 11) is -3.20. The van der Waals surface area contributed by atoms with Gasteiger partial charge in [-0.25, -0.2) is 17.7 Å². The predicted molar refractivity (Wildman–Crippen MR) is 122 cm³/mol. The van der Waals surface area contributed by atoms with Crippen LogP contribution in [0.4, 0.5) is 5.13 Å². The number of rotatable bonds is 6. The summed E-state index contributed by atoms with van der Waals surface area (Å²) in [4.78, 5) is 17.1. The molecule has 0 unspecified atom stereocenters. The lowest BCUT2D eigenvalue weighted by Gasteiger charge is -2.29. The largest absolute Gasteiger partial charge is 0.457 e. The summed E-state index contributed by atoms with van der Waals surface area (Å²) in [6.45, 7) is 0.745. The molecule has 1 amide bonds. The van der Waals surface area contributed by atoms with E-state index in [-0.39, 0.29) is 11.8 Å². The van der Waals surface area contributed by atoms with Gasteiger partial charge in [-0.05, 0) is 49.2 Å². The van der Waals surface area contributed by atoms with Gasteiger partial charge in [-0.1, -0.05) is 18.2 Å². The van der Waals surface area contributed by atoms with E-state index in [4.69, 9.17) is 4.74 Å². The number of hydrogen-bond acceptors (Lipinski definition) is 6. The summed E-state index contributed by atoms with van der Waals surface area (Å²) in [5, 5.41) is 5.31. The quantitative estimate of drug-likeness (QED) is 0.599. The Morgan fingerprint density at radius 2 is 1.71 bits per heavy atom. The van der Waals surface area contributed by atoms with E-state index >= 15 is 0 Å². The van der Waals surface area contributed by atoms with Crippen molar-refractivity contribution in [3.05, 3.63) is 60.0 Å². The van der Waals surface area contributed by atoms with Gasteiger partial charge in [0.15, 0.2) is 5.13 Å². The molecule has 0 radical (unpaired) electrons. The molecule has 0 saturated carbocycles. The highest BCUT2D eigenvalue weighted by Crippen LogP contribution is 2.29. The van der Waals surface area contributed by atoms with Crippen molar-refractivity contribution < 1.29 is 17.9 Å². The van der Waals surface area contributed by atoms with Crippen LogP contribution in [0.3, 0.4) is 0 Å². The Hall–Kier alpha value is -2.75. The molecular weight excluding hydrogens is 434 g/mol. The predicted octanol–water partition coefficient (Wildman–Crippen LogP) is 4.21. The fourth-order valence-corrected chi connectivity index (χ4v) is 5.04. The highest BCUT2D eigenvalue weighted by Gasteiger charge is 2.29. The Kier molecular flexibility index (Phi) is 6.35. The summed E-state index contributed by atoms with van der Waals surface area (Å²) >= 11 is 1.37. The molecule has 9 heteroatoms. The summed E-state index contributed by atoms with van der Waals surface area (Å²) in [6, 6.07) is 17.2. The minimum absolute atomic E-state index is 0.110. The van der Waals surface area contributed by atoms with Gasteiger partial charge >= 0.3 is 0 Å². The van der Waals surface area contributed by atoms with Crippen LogP contribution in [0.2, 0.25) is 0 Å². The van der Waals surface area contributed by atoms with E-state index in [0.29, 0.717) is 31.1 Å². The molecule has 1 saturated heterocycles. The number of sulfonamides is 1. The maximum Gasteiger partial charge on any atom is 0.229 e. The zero-order valence-corrected chi connectivity index (χ0v) is 18.7. The Morgan fingerprint density at radius 1 is 1.06 bits per heavy atom. The van der Waals surface area contributed by atoms with Crippen LogP contribution in [-0.4, -0.2) is 43.0 Å². The molecule has 7 nitrogen and oxygen atoms in total. The van der Waals surface area contributed by atoms with Crippen molar-refractivity contribution in [2.45, 2.75) is 12.8 Å². The molecule has 2 heterocycles. The van der Waals surface area contributed by atoms with E-state index in [2.05, 4.69) is 10.3 Å². The van der Waals surface area contributed by atoms with Gasteiger partial charge in [-0.3, -0.25) is 4.79 Å². The van der Waals surface area contributed by atoms with E-state index in [1.807, 2.05) is 60.0 Å². The standard InChI is InChI=1S/C22H23N3O4S2/c1-31(27,28)25-13-11-17(12-14-25)21(26)24-22-23-20(15-30-22)16-7-9-19(10-8-16)29-18-5-3-2-4-6-18/h2-10,15,17H,11-14H2,1H3,(H,23,24,26). The first-order valence-electron chi connectivity index (χ1n) is 9.93. The van der Waals surface area contributed by atoms with Gasteiger partial charge in [0.25, 0.3) is 0 Å². The van der Waals surface area contributed by atoms with E-state index in [1.54, 1.807) is 0 Å². The Labute approximate surface area is 185 Å².